The molecule has 88 valence electrons. The Morgan fingerprint density at radius 3 is 3.00 bits per heavy atom. The normalized spacial score (nSPS) is 17.4. The molecule has 1 aromatic heterocycles. The Balaban J connectivity index is 1.95. The second-order valence-electron chi connectivity index (χ2n) is 4.24. The van der Waals surface area contributed by atoms with E-state index < -0.39 is 0 Å². The number of rotatable bonds is 5. The van der Waals surface area contributed by atoms with Gasteiger partial charge in [0.1, 0.15) is 0 Å². The van der Waals surface area contributed by atoms with Crippen LogP contribution < -0.4 is 10.9 Å². The zero-order chi connectivity index (χ0) is 11.5. The Morgan fingerprint density at radius 1 is 1.69 bits per heavy atom. The topological polar surface area (TPSA) is 57.8 Å². The zero-order valence-corrected chi connectivity index (χ0v) is 10.4. The van der Waals surface area contributed by atoms with Gasteiger partial charge in [-0.3, -0.25) is 4.79 Å². The lowest BCUT2D eigenvalue weighted by Crippen LogP contribution is -2.30. The van der Waals surface area contributed by atoms with Crippen LogP contribution in [0.15, 0.2) is 16.0 Å². The predicted octanol–water partition coefficient (Wildman–Crippen LogP) is 1.17. The highest BCUT2D eigenvalue weighted by molar-refractivity contribution is 7.99. The molecule has 1 aromatic rings. The van der Waals surface area contributed by atoms with Crippen LogP contribution >= 0.6 is 11.8 Å². The third kappa shape index (κ3) is 3.09. The summed E-state index contributed by atoms with van der Waals surface area (Å²) in [5, 5.41) is 4.05. The van der Waals surface area contributed by atoms with Crippen molar-refractivity contribution < 1.29 is 0 Å². The molecule has 2 N–H and O–H groups in total. The average Bonchev–Trinajstić information content (AvgIpc) is 3.01. The Labute approximate surface area is 99.3 Å². The van der Waals surface area contributed by atoms with E-state index >= 15 is 0 Å². The van der Waals surface area contributed by atoms with Crippen LogP contribution in [0.2, 0.25) is 0 Å². The highest BCUT2D eigenvalue weighted by Gasteiger charge is 2.30. The number of thioether (sulfide) groups is 1. The lowest BCUT2D eigenvalue weighted by molar-refractivity contribution is 0.553. The summed E-state index contributed by atoms with van der Waals surface area (Å²) >= 11 is 1.62. The van der Waals surface area contributed by atoms with E-state index in [0.717, 1.165) is 22.5 Å². The molecule has 0 aliphatic heterocycles. The Bertz CT molecular complexity index is 414. The number of hydrogen-bond donors (Lipinski definition) is 2. The first-order valence-corrected chi connectivity index (χ1v) is 6.55. The molecule has 2 rings (SSSR count). The van der Waals surface area contributed by atoms with Gasteiger partial charge < -0.3 is 10.3 Å². The molecular weight excluding hydrogens is 222 g/mol. The summed E-state index contributed by atoms with van der Waals surface area (Å²) in [6, 6.07) is 2.05. The summed E-state index contributed by atoms with van der Waals surface area (Å²) in [4.78, 5) is 18.3. The minimum atomic E-state index is -0.0672. The van der Waals surface area contributed by atoms with Crippen molar-refractivity contribution in [2.24, 2.45) is 5.92 Å². The summed E-state index contributed by atoms with van der Waals surface area (Å²) < 4.78 is 0. The van der Waals surface area contributed by atoms with Gasteiger partial charge in [-0.25, -0.2) is 4.98 Å². The molecular formula is C11H17N3OS. The minimum Gasteiger partial charge on any atom is -0.316 e. The Hall–Kier alpha value is -0.810. The molecule has 0 aromatic carbocycles. The van der Waals surface area contributed by atoms with Crippen molar-refractivity contribution in [1.82, 2.24) is 15.3 Å². The van der Waals surface area contributed by atoms with E-state index in [1.807, 2.05) is 14.0 Å². The van der Waals surface area contributed by atoms with Gasteiger partial charge in [0.05, 0.1) is 0 Å². The SMILES string of the molecule is CNC(CSc1nc(C)cc(=O)[nH]1)C1CC1. The number of nitrogens with one attached hydrogen (secondary N) is 2. The van der Waals surface area contributed by atoms with Gasteiger partial charge in [0.25, 0.3) is 5.56 Å². The summed E-state index contributed by atoms with van der Waals surface area (Å²) in [6.45, 7) is 1.84. The maximum atomic E-state index is 11.2. The summed E-state index contributed by atoms with van der Waals surface area (Å²) in [6.07, 6.45) is 2.65. The van der Waals surface area contributed by atoms with Crippen molar-refractivity contribution in [3.63, 3.8) is 0 Å². The molecule has 0 saturated heterocycles. The lowest BCUT2D eigenvalue weighted by Gasteiger charge is -2.13. The molecule has 0 amide bonds. The molecule has 5 heteroatoms. The monoisotopic (exact) mass is 239 g/mol. The Kier molecular flexibility index (Phi) is 3.66. The van der Waals surface area contributed by atoms with Crippen LogP contribution in [-0.4, -0.2) is 28.8 Å². The number of aromatic nitrogens is 2. The quantitative estimate of drug-likeness (QED) is 0.598. The molecule has 0 bridgehead atoms. The van der Waals surface area contributed by atoms with Crippen LogP contribution in [0.1, 0.15) is 18.5 Å². The van der Waals surface area contributed by atoms with Crippen LogP contribution in [-0.2, 0) is 0 Å². The van der Waals surface area contributed by atoms with Crippen molar-refractivity contribution in [2.45, 2.75) is 31.0 Å². The standard InChI is InChI=1S/C11H17N3OS/c1-7-5-10(15)14-11(13-7)16-6-9(12-2)8-3-4-8/h5,8-9,12H,3-4,6H2,1-2H3,(H,13,14,15). The van der Waals surface area contributed by atoms with E-state index in [2.05, 4.69) is 15.3 Å². The van der Waals surface area contributed by atoms with Crippen LogP contribution in [0.3, 0.4) is 0 Å². The average molecular weight is 239 g/mol. The molecule has 1 heterocycles. The van der Waals surface area contributed by atoms with Crippen molar-refractivity contribution >= 4 is 11.8 Å². The van der Waals surface area contributed by atoms with Gasteiger partial charge in [-0.2, -0.15) is 0 Å². The molecule has 1 atom stereocenters. The molecule has 1 unspecified atom stereocenters. The van der Waals surface area contributed by atoms with Crippen LogP contribution in [0.5, 0.6) is 0 Å². The fourth-order valence-corrected chi connectivity index (χ4v) is 2.90. The van der Waals surface area contributed by atoms with Gasteiger partial charge in [0.2, 0.25) is 0 Å². The number of hydrogen-bond acceptors (Lipinski definition) is 4. The van der Waals surface area contributed by atoms with Gasteiger partial charge in [0, 0.05) is 23.6 Å². The highest BCUT2D eigenvalue weighted by Crippen LogP contribution is 2.34. The molecule has 1 fully saturated rings. The third-order valence-electron chi connectivity index (χ3n) is 2.81. The van der Waals surface area contributed by atoms with Gasteiger partial charge >= 0.3 is 0 Å². The second kappa shape index (κ2) is 5.01. The number of aryl methyl sites for hydroxylation is 1. The molecule has 0 spiro atoms. The van der Waals surface area contributed by atoms with Crippen molar-refractivity contribution in [3.8, 4) is 0 Å². The van der Waals surface area contributed by atoms with E-state index in [9.17, 15) is 4.79 Å². The number of aromatic amines is 1. The Morgan fingerprint density at radius 2 is 2.44 bits per heavy atom. The van der Waals surface area contributed by atoms with Crippen molar-refractivity contribution in [2.75, 3.05) is 12.8 Å². The molecule has 1 aliphatic carbocycles. The maximum absolute atomic E-state index is 11.2. The van der Waals surface area contributed by atoms with E-state index in [0.29, 0.717) is 6.04 Å². The lowest BCUT2D eigenvalue weighted by atomic mass is 10.2. The summed E-state index contributed by atoms with van der Waals surface area (Å²) in [5.74, 6) is 1.78. The number of nitrogens with zero attached hydrogens (tertiary/aromatic N) is 1. The molecule has 0 radical (unpaired) electrons. The molecule has 16 heavy (non-hydrogen) atoms. The van der Waals surface area contributed by atoms with E-state index in [4.69, 9.17) is 0 Å². The van der Waals surface area contributed by atoms with Gasteiger partial charge in [-0.15, -0.1) is 0 Å². The fraction of sp³-hybridized carbons (Fsp3) is 0.636. The largest absolute Gasteiger partial charge is 0.316 e. The molecule has 1 aliphatic rings. The first-order chi connectivity index (χ1) is 7.69. The highest BCUT2D eigenvalue weighted by atomic mass is 32.2. The van der Waals surface area contributed by atoms with E-state index in [1.54, 1.807) is 11.8 Å². The zero-order valence-electron chi connectivity index (χ0n) is 9.62. The maximum Gasteiger partial charge on any atom is 0.251 e. The third-order valence-corrected chi connectivity index (χ3v) is 3.80. The van der Waals surface area contributed by atoms with Crippen LogP contribution in [0, 0.1) is 12.8 Å². The van der Waals surface area contributed by atoms with Crippen molar-refractivity contribution in [1.29, 1.82) is 0 Å². The molecule has 1 saturated carbocycles. The summed E-state index contributed by atoms with van der Waals surface area (Å²) in [7, 11) is 2.00. The minimum absolute atomic E-state index is 0.0672. The fourth-order valence-electron chi connectivity index (χ4n) is 1.74. The first kappa shape index (κ1) is 11.7. The van der Waals surface area contributed by atoms with Gasteiger partial charge in [-0.1, -0.05) is 11.8 Å². The first-order valence-electron chi connectivity index (χ1n) is 5.57. The molecule has 4 nitrogen and oxygen atoms in total. The second-order valence-corrected chi connectivity index (χ2v) is 5.24. The predicted molar refractivity (Wildman–Crippen MR) is 65.9 cm³/mol. The summed E-state index contributed by atoms with van der Waals surface area (Å²) in [5.41, 5.74) is 0.709. The van der Waals surface area contributed by atoms with E-state index in [-0.39, 0.29) is 5.56 Å². The van der Waals surface area contributed by atoms with Crippen molar-refractivity contribution in [3.05, 3.63) is 22.1 Å². The van der Waals surface area contributed by atoms with Gasteiger partial charge in [-0.05, 0) is 32.7 Å². The van der Waals surface area contributed by atoms with Gasteiger partial charge in [0.15, 0.2) is 5.16 Å². The smallest absolute Gasteiger partial charge is 0.251 e. The van der Waals surface area contributed by atoms with E-state index in [1.165, 1.54) is 18.9 Å². The van der Waals surface area contributed by atoms with Crippen LogP contribution in [0.25, 0.3) is 0 Å². The number of H-pyrrole nitrogens is 1. The van der Waals surface area contributed by atoms with Crippen LogP contribution in [0.4, 0.5) is 0 Å².